The Balaban J connectivity index is 2.78. The number of imidazole rings is 1. The Hall–Kier alpha value is -0.780. The van der Waals surface area contributed by atoms with Gasteiger partial charge in [-0.25, -0.2) is 4.98 Å². The lowest BCUT2D eigenvalue weighted by molar-refractivity contribution is 0.419. The zero-order chi connectivity index (χ0) is 8.55. The summed E-state index contributed by atoms with van der Waals surface area (Å²) in [6.07, 6.45) is 0. The van der Waals surface area contributed by atoms with Crippen molar-refractivity contribution < 1.29 is 4.74 Å². The smallest absolute Gasteiger partial charge is 0.169 e. The third kappa shape index (κ3) is 1.16. The second-order valence-corrected chi connectivity index (χ2v) is 3.40. The molecule has 0 spiro atoms. The minimum Gasteiger partial charge on any atom is -0.494 e. The molecule has 0 aliphatic carbocycles. The van der Waals surface area contributed by atoms with E-state index >= 15 is 0 Å². The van der Waals surface area contributed by atoms with Gasteiger partial charge >= 0.3 is 0 Å². The standard InChI is InChI=1S/C8H7IN2O/c1-12-6-4-2-3-5-7(6)11-8(9)10-5/h2-4H,1H3,(H,10,11). The molecule has 0 fully saturated rings. The maximum Gasteiger partial charge on any atom is 0.169 e. The lowest BCUT2D eigenvalue weighted by atomic mass is 10.3. The van der Waals surface area contributed by atoms with Gasteiger partial charge in [0.25, 0.3) is 0 Å². The summed E-state index contributed by atoms with van der Waals surface area (Å²) in [5.41, 5.74) is 1.91. The number of para-hydroxylation sites is 1. The lowest BCUT2D eigenvalue weighted by Crippen LogP contribution is -1.83. The van der Waals surface area contributed by atoms with Crippen LogP contribution < -0.4 is 4.74 Å². The number of aromatic nitrogens is 2. The fraction of sp³-hybridized carbons (Fsp3) is 0.125. The van der Waals surface area contributed by atoms with Gasteiger partial charge in [0.15, 0.2) is 3.83 Å². The van der Waals surface area contributed by atoms with Crippen LogP contribution in [-0.4, -0.2) is 17.1 Å². The molecule has 12 heavy (non-hydrogen) atoms. The SMILES string of the molecule is COc1cccc2nc(I)[nH]c12. The summed E-state index contributed by atoms with van der Waals surface area (Å²) in [6.45, 7) is 0. The fourth-order valence-corrected chi connectivity index (χ4v) is 1.67. The van der Waals surface area contributed by atoms with E-state index in [-0.39, 0.29) is 0 Å². The van der Waals surface area contributed by atoms with Crippen LogP contribution in [0.5, 0.6) is 5.75 Å². The van der Waals surface area contributed by atoms with E-state index in [0.717, 1.165) is 20.6 Å². The number of halogens is 1. The third-order valence-electron chi connectivity index (χ3n) is 1.67. The van der Waals surface area contributed by atoms with Crippen LogP contribution >= 0.6 is 22.6 Å². The predicted molar refractivity (Wildman–Crippen MR) is 55.4 cm³/mol. The van der Waals surface area contributed by atoms with E-state index in [0.29, 0.717) is 0 Å². The number of aromatic amines is 1. The maximum absolute atomic E-state index is 5.17. The Kier molecular flexibility index (Phi) is 1.92. The molecule has 0 bridgehead atoms. The zero-order valence-corrected chi connectivity index (χ0v) is 8.62. The van der Waals surface area contributed by atoms with Gasteiger partial charge in [0.05, 0.1) is 12.6 Å². The number of hydrogen-bond acceptors (Lipinski definition) is 2. The van der Waals surface area contributed by atoms with Crippen LogP contribution in [0.25, 0.3) is 11.0 Å². The molecular formula is C8H7IN2O. The average Bonchev–Trinajstić information content (AvgIpc) is 2.44. The summed E-state index contributed by atoms with van der Waals surface area (Å²) >= 11 is 2.14. The van der Waals surface area contributed by atoms with E-state index in [1.165, 1.54) is 0 Å². The van der Waals surface area contributed by atoms with Crippen LogP contribution in [0.15, 0.2) is 18.2 Å². The summed E-state index contributed by atoms with van der Waals surface area (Å²) in [7, 11) is 1.66. The number of nitrogens with zero attached hydrogens (tertiary/aromatic N) is 1. The molecule has 0 saturated carbocycles. The van der Waals surface area contributed by atoms with Gasteiger partial charge in [-0.3, -0.25) is 0 Å². The summed E-state index contributed by atoms with van der Waals surface area (Å²) in [5, 5.41) is 0. The highest BCUT2D eigenvalue weighted by Crippen LogP contribution is 2.23. The summed E-state index contributed by atoms with van der Waals surface area (Å²) in [5.74, 6) is 0.836. The van der Waals surface area contributed by atoms with Gasteiger partial charge < -0.3 is 9.72 Å². The molecule has 1 aromatic heterocycles. The zero-order valence-electron chi connectivity index (χ0n) is 6.47. The van der Waals surface area contributed by atoms with Crippen molar-refractivity contribution in [1.82, 2.24) is 9.97 Å². The molecule has 0 aliphatic heterocycles. The Labute approximate surface area is 83.3 Å². The second-order valence-electron chi connectivity index (χ2n) is 2.38. The summed E-state index contributed by atoms with van der Waals surface area (Å²) in [4.78, 5) is 7.40. The van der Waals surface area contributed by atoms with E-state index in [9.17, 15) is 0 Å². The van der Waals surface area contributed by atoms with Crippen molar-refractivity contribution in [3.8, 4) is 5.75 Å². The van der Waals surface area contributed by atoms with Crippen LogP contribution in [0.1, 0.15) is 0 Å². The molecular weight excluding hydrogens is 267 g/mol. The number of fused-ring (bicyclic) bond motifs is 1. The number of H-pyrrole nitrogens is 1. The first-order valence-electron chi connectivity index (χ1n) is 3.49. The Morgan fingerprint density at radius 3 is 3.08 bits per heavy atom. The van der Waals surface area contributed by atoms with E-state index in [4.69, 9.17) is 4.74 Å². The van der Waals surface area contributed by atoms with Gasteiger partial charge in [0.2, 0.25) is 0 Å². The number of rotatable bonds is 1. The van der Waals surface area contributed by atoms with Gasteiger partial charge in [0.1, 0.15) is 11.3 Å². The van der Waals surface area contributed by atoms with Crippen LogP contribution in [-0.2, 0) is 0 Å². The molecule has 4 heteroatoms. The van der Waals surface area contributed by atoms with Crippen molar-refractivity contribution >= 4 is 33.6 Å². The van der Waals surface area contributed by atoms with Crippen molar-refractivity contribution in [2.75, 3.05) is 7.11 Å². The second kappa shape index (κ2) is 2.93. The van der Waals surface area contributed by atoms with E-state index in [1.54, 1.807) is 7.11 Å². The Morgan fingerprint density at radius 1 is 1.50 bits per heavy atom. The molecule has 3 nitrogen and oxygen atoms in total. The van der Waals surface area contributed by atoms with Gasteiger partial charge in [-0.15, -0.1) is 0 Å². The molecule has 1 N–H and O–H groups in total. The van der Waals surface area contributed by atoms with Crippen LogP contribution in [0.2, 0.25) is 0 Å². The monoisotopic (exact) mass is 274 g/mol. The maximum atomic E-state index is 5.17. The first-order chi connectivity index (χ1) is 5.81. The molecule has 0 radical (unpaired) electrons. The quantitative estimate of drug-likeness (QED) is 0.809. The molecule has 0 unspecified atom stereocenters. The van der Waals surface area contributed by atoms with Crippen molar-refractivity contribution in [3.05, 3.63) is 22.0 Å². The number of hydrogen-bond donors (Lipinski definition) is 1. The van der Waals surface area contributed by atoms with Crippen LogP contribution in [0, 0.1) is 3.83 Å². The Morgan fingerprint density at radius 2 is 2.33 bits per heavy atom. The number of nitrogens with one attached hydrogen (secondary N) is 1. The van der Waals surface area contributed by atoms with Gasteiger partial charge in [0, 0.05) is 0 Å². The van der Waals surface area contributed by atoms with E-state index in [1.807, 2.05) is 18.2 Å². The molecule has 62 valence electrons. The first-order valence-corrected chi connectivity index (χ1v) is 4.57. The lowest BCUT2D eigenvalue weighted by Gasteiger charge is -1.98. The summed E-state index contributed by atoms with van der Waals surface area (Å²) in [6, 6.07) is 5.80. The molecule has 2 aromatic rings. The summed E-state index contributed by atoms with van der Waals surface area (Å²) < 4.78 is 6.05. The minimum atomic E-state index is 0.836. The largest absolute Gasteiger partial charge is 0.494 e. The average molecular weight is 274 g/mol. The van der Waals surface area contributed by atoms with Gasteiger partial charge in [-0.05, 0) is 34.7 Å². The third-order valence-corrected chi connectivity index (χ3v) is 2.18. The highest BCUT2D eigenvalue weighted by atomic mass is 127. The van der Waals surface area contributed by atoms with Crippen molar-refractivity contribution in [1.29, 1.82) is 0 Å². The van der Waals surface area contributed by atoms with E-state index < -0.39 is 0 Å². The van der Waals surface area contributed by atoms with Crippen molar-refractivity contribution in [3.63, 3.8) is 0 Å². The fourth-order valence-electron chi connectivity index (χ4n) is 1.15. The highest BCUT2D eigenvalue weighted by molar-refractivity contribution is 14.1. The van der Waals surface area contributed by atoms with Gasteiger partial charge in [-0.2, -0.15) is 0 Å². The highest BCUT2D eigenvalue weighted by Gasteiger charge is 2.04. The van der Waals surface area contributed by atoms with Crippen molar-refractivity contribution in [2.45, 2.75) is 0 Å². The molecule has 2 rings (SSSR count). The molecule has 1 aromatic carbocycles. The topological polar surface area (TPSA) is 37.9 Å². The van der Waals surface area contributed by atoms with Gasteiger partial charge in [-0.1, -0.05) is 6.07 Å². The molecule has 1 heterocycles. The Bertz CT molecular complexity index is 410. The minimum absolute atomic E-state index is 0.836. The van der Waals surface area contributed by atoms with Crippen molar-refractivity contribution in [2.24, 2.45) is 0 Å². The number of ether oxygens (including phenoxy) is 1. The molecule has 0 saturated heterocycles. The van der Waals surface area contributed by atoms with E-state index in [2.05, 4.69) is 32.6 Å². The number of methoxy groups -OCH3 is 1. The normalized spacial score (nSPS) is 10.5. The molecule has 0 amide bonds. The molecule has 0 atom stereocenters. The van der Waals surface area contributed by atoms with Crippen LogP contribution in [0.4, 0.5) is 0 Å². The van der Waals surface area contributed by atoms with Crippen LogP contribution in [0.3, 0.4) is 0 Å². The number of benzene rings is 1. The molecule has 0 aliphatic rings. The first kappa shape index (κ1) is 7.85. The predicted octanol–water partition coefficient (Wildman–Crippen LogP) is 2.18.